The summed E-state index contributed by atoms with van der Waals surface area (Å²) in [6, 6.07) is 19.1. The van der Waals surface area contributed by atoms with Gasteiger partial charge in [-0.1, -0.05) is 42.0 Å². The van der Waals surface area contributed by atoms with Gasteiger partial charge in [-0.25, -0.2) is 0 Å². The predicted octanol–water partition coefficient (Wildman–Crippen LogP) is 4.45. The lowest BCUT2D eigenvalue weighted by Crippen LogP contribution is -2.26. The third-order valence-electron chi connectivity index (χ3n) is 5.37. The molecule has 0 aliphatic rings. The molecule has 0 radical (unpaired) electrons. The Morgan fingerprint density at radius 1 is 1.10 bits per heavy atom. The number of aryl methyl sites for hydroxylation is 1. The summed E-state index contributed by atoms with van der Waals surface area (Å²) < 4.78 is 5.18. The summed E-state index contributed by atoms with van der Waals surface area (Å²) in [6.07, 6.45) is 0.641. The van der Waals surface area contributed by atoms with Crippen LogP contribution < -0.4 is 4.74 Å². The molecule has 4 aromatic rings. The number of aromatic amines is 1. The van der Waals surface area contributed by atoms with Crippen LogP contribution in [0, 0.1) is 6.92 Å². The fourth-order valence-corrected chi connectivity index (χ4v) is 3.71. The molecular formula is C25H25N3O3. The van der Waals surface area contributed by atoms with Crippen LogP contribution in [0.1, 0.15) is 32.7 Å². The van der Waals surface area contributed by atoms with Gasteiger partial charge >= 0.3 is 0 Å². The molecule has 6 heteroatoms. The largest absolute Gasteiger partial charge is 0.507 e. The summed E-state index contributed by atoms with van der Waals surface area (Å²) in [5, 5.41) is 18.7. The topological polar surface area (TPSA) is 78.5 Å². The number of carbonyl (C=O) groups is 1. The number of fused-ring (bicyclic) bond motifs is 1. The molecule has 31 heavy (non-hydrogen) atoms. The van der Waals surface area contributed by atoms with E-state index in [1.54, 1.807) is 31.2 Å². The lowest BCUT2D eigenvalue weighted by Gasteiger charge is -2.18. The molecule has 158 valence electrons. The molecule has 0 atom stereocenters. The molecule has 0 spiro atoms. The maximum absolute atomic E-state index is 13.1. The van der Waals surface area contributed by atoms with Gasteiger partial charge in [0.05, 0.1) is 23.9 Å². The van der Waals surface area contributed by atoms with Gasteiger partial charge in [0.2, 0.25) is 0 Å². The number of H-pyrrole nitrogens is 1. The van der Waals surface area contributed by atoms with E-state index in [-0.39, 0.29) is 17.2 Å². The first-order valence-corrected chi connectivity index (χ1v) is 10.1. The predicted molar refractivity (Wildman–Crippen MR) is 121 cm³/mol. The summed E-state index contributed by atoms with van der Waals surface area (Å²) >= 11 is 0. The molecule has 1 heterocycles. The van der Waals surface area contributed by atoms with Crippen molar-refractivity contribution in [3.63, 3.8) is 0 Å². The summed E-state index contributed by atoms with van der Waals surface area (Å²) in [5.41, 5.74) is 5.11. The van der Waals surface area contributed by atoms with Crippen LogP contribution in [0.2, 0.25) is 0 Å². The highest BCUT2D eigenvalue weighted by atomic mass is 16.5. The third-order valence-corrected chi connectivity index (χ3v) is 5.37. The number of aromatic nitrogens is 2. The van der Waals surface area contributed by atoms with Gasteiger partial charge in [0.15, 0.2) is 0 Å². The monoisotopic (exact) mass is 415 g/mol. The summed E-state index contributed by atoms with van der Waals surface area (Å²) in [4.78, 5) is 14.7. The number of hydrogen-bond acceptors (Lipinski definition) is 4. The zero-order valence-corrected chi connectivity index (χ0v) is 17.8. The lowest BCUT2D eigenvalue weighted by atomic mass is 10.0. The number of phenolic OH excluding ortho intramolecular Hbond substituents is 1. The first kappa shape index (κ1) is 20.5. The Bertz CT molecular complexity index is 1230. The van der Waals surface area contributed by atoms with Gasteiger partial charge in [0.25, 0.3) is 5.91 Å². The van der Waals surface area contributed by atoms with Crippen LogP contribution in [-0.2, 0) is 13.0 Å². The van der Waals surface area contributed by atoms with Crippen molar-refractivity contribution in [1.29, 1.82) is 0 Å². The Labute approximate surface area is 181 Å². The number of amides is 1. The van der Waals surface area contributed by atoms with Crippen molar-refractivity contribution in [2.24, 2.45) is 0 Å². The molecule has 0 aliphatic carbocycles. The summed E-state index contributed by atoms with van der Waals surface area (Å²) in [7, 11) is 3.34. The molecule has 3 aromatic carbocycles. The van der Waals surface area contributed by atoms with Crippen LogP contribution >= 0.6 is 0 Å². The normalized spacial score (nSPS) is 10.9. The second-order valence-corrected chi connectivity index (χ2v) is 7.76. The molecular weight excluding hydrogens is 390 g/mol. The second-order valence-electron chi connectivity index (χ2n) is 7.76. The van der Waals surface area contributed by atoms with Crippen molar-refractivity contribution in [2.75, 3.05) is 14.2 Å². The Kier molecular flexibility index (Phi) is 5.62. The minimum absolute atomic E-state index is 0.0650. The van der Waals surface area contributed by atoms with E-state index in [0.717, 1.165) is 28.0 Å². The molecule has 0 saturated heterocycles. The molecule has 6 nitrogen and oxygen atoms in total. The van der Waals surface area contributed by atoms with E-state index in [0.29, 0.717) is 18.5 Å². The number of ether oxygens (including phenoxy) is 1. The Morgan fingerprint density at radius 2 is 1.87 bits per heavy atom. The van der Waals surface area contributed by atoms with Crippen molar-refractivity contribution >= 4 is 16.8 Å². The molecule has 4 rings (SSSR count). The highest BCUT2D eigenvalue weighted by Crippen LogP contribution is 2.28. The van der Waals surface area contributed by atoms with Gasteiger partial charge in [0, 0.05) is 31.5 Å². The van der Waals surface area contributed by atoms with Gasteiger partial charge in [-0.3, -0.25) is 9.89 Å². The second kappa shape index (κ2) is 8.52. The van der Waals surface area contributed by atoms with E-state index in [4.69, 9.17) is 4.74 Å². The first-order chi connectivity index (χ1) is 14.9. The number of nitrogens with zero attached hydrogens (tertiary/aromatic N) is 2. The maximum Gasteiger partial charge on any atom is 0.257 e. The van der Waals surface area contributed by atoms with Gasteiger partial charge in [-0.15, -0.1) is 0 Å². The highest BCUT2D eigenvalue weighted by Gasteiger charge is 2.19. The highest BCUT2D eigenvalue weighted by molar-refractivity contribution is 6.01. The van der Waals surface area contributed by atoms with Crippen molar-refractivity contribution in [3.05, 3.63) is 88.6 Å². The fourth-order valence-electron chi connectivity index (χ4n) is 3.71. The Hall–Kier alpha value is -3.80. The van der Waals surface area contributed by atoms with Gasteiger partial charge in [-0.2, -0.15) is 5.10 Å². The van der Waals surface area contributed by atoms with E-state index in [9.17, 15) is 9.90 Å². The van der Waals surface area contributed by atoms with Gasteiger partial charge in [-0.05, 0) is 36.2 Å². The fraction of sp³-hybridized carbons (Fsp3) is 0.200. The first-order valence-electron chi connectivity index (χ1n) is 10.1. The zero-order valence-electron chi connectivity index (χ0n) is 17.8. The van der Waals surface area contributed by atoms with Crippen LogP contribution in [0.3, 0.4) is 0 Å². The number of rotatable bonds is 6. The molecule has 0 fully saturated rings. The number of phenols is 1. The molecule has 0 aliphatic heterocycles. The van der Waals surface area contributed by atoms with Crippen molar-refractivity contribution in [1.82, 2.24) is 15.1 Å². The minimum atomic E-state index is -0.252. The van der Waals surface area contributed by atoms with Crippen molar-refractivity contribution in [3.8, 4) is 11.5 Å². The van der Waals surface area contributed by atoms with E-state index in [1.165, 1.54) is 5.56 Å². The zero-order chi connectivity index (χ0) is 22.0. The Balaban J connectivity index is 1.60. The van der Waals surface area contributed by atoms with E-state index >= 15 is 0 Å². The molecule has 1 amide bonds. The van der Waals surface area contributed by atoms with Crippen LogP contribution in [0.5, 0.6) is 11.5 Å². The quantitative estimate of drug-likeness (QED) is 0.488. The summed E-state index contributed by atoms with van der Waals surface area (Å²) in [6.45, 7) is 2.47. The number of benzene rings is 3. The smallest absolute Gasteiger partial charge is 0.257 e. The van der Waals surface area contributed by atoms with Crippen LogP contribution in [0.25, 0.3) is 10.9 Å². The average Bonchev–Trinajstić information content (AvgIpc) is 3.14. The van der Waals surface area contributed by atoms with Crippen LogP contribution in [0.15, 0.2) is 60.7 Å². The average molecular weight is 415 g/mol. The SMILES string of the molecule is COc1ccc(CN(C)C(=O)c2cc3c(Cc4cccc(C)c4)n[nH]c3cc2O)cc1. The van der Waals surface area contributed by atoms with Crippen molar-refractivity contribution in [2.45, 2.75) is 19.9 Å². The molecule has 0 unspecified atom stereocenters. The maximum atomic E-state index is 13.1. The van der Waals surface area contributed by atoms with E-state index in [1.807, 2.05) is 30.3 Å². The molecule has 1 aromatic heterocycles. The van der Waals surface area contributed by atoms with Gasteiger partial charge < -0.3 is 14.7 Å². The molecule has 0 bridgehead atoms. The van der Waals surface area contributed by atoms with E-state index < -0.39 is 0 Å². The molecule has 2 N–H and O–H groups in total. The number of aromatic hydroxyl groups is 1. The van der Waals surface area contributed by atoms with Crippen LogP contribution in [0.4, 0.5) is 0 Å². The van der Waals surface area contributed by atoms with E-state index in [2.05, 4.69) is 35.3 Å². The van der Waals surface area contributed by atoms with Crippen LogP contribution in [-0.4, -0.2) is 40.3 Å². The van der Waals surface area contributed by atoms with Gasteiger partial charge in [0.1, 0.15) is 11.5 Å². The number of methoxy groups -OCH3 is 1. The summed E-state index contributed by atoms with van der Waals surface area (Å²) in [5.74, 6) is 0.449. The molecule has 0 saturated carbocycles. The number of carbonyl (C=O) groups excluding carboxylic acids is 1. The number of nitrogens with one attached hydrogen (secondary N) is 1. The Morgan fingerprint density at radius 3 is 2.58 bits per heavy atom. The van der Waals surface area contributed by atoms with Crippen molar-refractivity contribution < 1.29 is 14.6 Å². The minimum Gasteiger partial charge on any atom is -0.507 e. The third kappa shape index (κ3) is 4.38. The lowest BCUT2D eigenvalue weighted by molar-refractivity contribution is 0.0782. The number of hydrogen-bond donors (Lipinski definition) is 2. The standard InChI is InChI=1S/C25H25N3O3/c1-16-5-4-6-18(11-16)12-22-20-13-21(24(29)14-23(20)27-26-22)25(30)28(2)15-17-7-9-19(31-3)10-8-17/h4-11,13-14,29H,12,15H2,1-3H3,(H,26,27).